The molecular formula is H11GaInKLiNaSn. The Balaban J connectivity index is 0. The van der Waals surface area contributed by atoms with Crippen molar-refractivity contribution in [3.05, 3.63) is 0 Å². The first-order chi connectivity index (χ1) is 0. The van der Waals surface area contributed by atoms with Crippen molar-refractivity contribution in [2.75, 3.05) is 0 Å². The number of hydrogen-bond acceptors (Lipinski definition) is 0. The Hall–Kier alpha value is 5.54. The van der Waals surface area contributed by atoms with Crippen LogP contribution >= 0.6 is 0 Å². The topological polar surface area (TPSA) is 0 Å². The molecule has 0 nitrogen and oxygen atoms in total. The predicted molar refractivity (Wildman–Crippen MR) is 31.8 cm³/mol. The van der Waals surface area contributed by atoms with Gasteiger partial charge in [0.05, 0.1) is 0 Å². The van der Waals surface area contributed by atoms with Gasteiger partial charge >= 0.3 is 169 Å². The van der Waals surface area contributed by atoms with Crippen LogP contribution in [0.2, 0.25) is 0 Å². The third-order valence-corrected chi connectivity index (χ3v) is 0. The van der Waals surface area contributed by atoms with E-state index in [0.717, 1.165) is 0 Å². The van der Waals surface area contributed by atoms with Crippen LogP contribution in [0.4, 0.5) is 0 Å². The molecule has 0 saturated heterocycles. The van der Waals surface area contributed by atoms with Crippen LogP contribution in [-0.2, 0) is 0 Å². The molecule has 0 bridgehead atoms. The molecule has 0 rings (SSSR count). The zero-order valence-corrected chi connectivity index (χ0v) is 12.9. The molecular weight excluding hydrogens is 372 g/mol. The third kappa shape index (κ3) is 22.7. The van der Waals surface area contributed by atoms with Gasteiger partial charge < -0.3 is 4.28 Å². The maximum atomic E-state index is 0. The van der Waals surface area contributed by atoms with Crippen molar-refractivity contribution in [2.45, 2.75) is 0 Å². The van der Waals surface area contributed by atoms with Crippen molar-refractivity contribution in [3.8, 4) is 0 Å². The average Bonchev–Trinajstić information content (AvgIpc) is 0. The molecule has 0 N–H and O–H groups in total. The van der Waals surface area contributed by atoms with E-state index in [9.17, 15) is 0 Å². The summed E-state index contributed by atoms with van der Waals surface area (Å²) in [7, 11) is 0. The van der Waals surface area contributed by atoms with Gasteiger partial charge in [-0.2, -0.15) is 0 Å². The summed E-state index contributed by atoms with van der Waals surface area (Å²) in [5.41, 5.74) is 0. The van der Waals surface area contributed by atoms with Gasteiger partial charge in [0.15, 0.2) is 0 Å². The molecule has 24 valence electrons. The summed E-state index contributed by atoms with van der Waals surface area (Å²) in [6, 6.07) is 0. The molecule has 6 heteroatoms. The molecule has 0 saturated carbocycles. The summed E-state index contributed by atoms with van der Waals surface area (Å²) in [6.07, 6.45) is 0. The van der Waals surface area contributed by atoms with Crippen LogP contribution in [0.15, 0.2) is 0 Å². The van der Waals surface area contributed by atoms with Crippen molar-refractivity contribution < 1.29 is 104 Å². The second-order valence-electron chi connectivity index (χ2n) is 0. The fraction of sp³-hybridized carbons (Fsp3) is 0. The molecule has 2 radical (unpaired) electrons. The van der Waals surface area contributed by atoms with Crippen molar-refractivity contribution in [3.63, 3.8) is 0 Å². The van der Waals surface area contributed by atoms with Crippen molar-refractivity contribution >= 4 is 69.5 Å². The zero-order valence-electron chi connectivity index (χ0n) is 6.71. The van der Waals surface area contributed by atoms with E-state index in [0.29, 0.717) is 0 Å². The monoisotopic (exact) mass is 384 g/mol. The van der Waals surface area contributed by atoms with Gasteiger partial charge in [-0.15, -0.1) is 0 Å². The SMILES string of the molecule is [GaH3].[H-].[H-].[H-].[InH3].[K+].[Li+].[Na+].[SnH2]. The molecule has 0 heterocycles. The molecule has 0 aromatic heterocycles. The zero-order chi connectivity index (χ0) is 0. The number of hydrogen-bond donors (Lipinski definition) is 0. The van der Waals surface area contributed by atoms with Crippen LogP contribution in [-0.4, -0.2) is 69.5 Å². The molecule has 0 fully saturated rings. The van der Waals surface area contributed by atoms with Gasteiger partial charge in [0.1, 0.15) is 0 Å². The Kier molecular flexibility index (Phi) is 218. The van der Waals surface area contributed by atoms with Gasteiger partial charge in [0, 0.05) is 0 Å². The first-order valence-electron chi connectivity index (χ1n) is 0. The van der Waals surface area contributed by atoms with Crippen LogP contribution in [0, 0.1) is 0 Å². The van der Waals surface area contributed by atoms with E-state index in [2.05, 4.69) is 0 Å². The summed E-state index contributed by atoms with van der Waals surface area (Å²) >= 11 is 0. The molecule has 0 aliphatic rings. The van der Waals surface area contributed by atoms with Gasteiger partial charge in [0.2, 0.25) is 0 Å². The minimum absolute atomic E-state index is 0. The summed E-state index contributed by atoms with van der Waals surface area (Å²) in [5, 5.41) is 0. The van der Waals surface area contributed by atoms with E-state index >= 15 is 0 Å². The Morgan fingerprint density at radius 1 is 1.17 bits per heavy atom. The molecule has 0 spiro atoms. The molecule has 0 atom stereocenters. The molecule has 0 unspecified atom stereocenters. The molecule has 0 aliphatic carbocycles. The second kappa shape index (κ2) is 31.3. The predicted octanol–water partition coefficient (Wildman–Crippen LogP) is -11.9. The van der Waals surface area contributed by atoms with Gasteiger partial charge in [-0.3, -0.25) is 0 Å². The Morgan fingerprint density at radius 2 is 1.17 bits per heavy atom. The van der Waals surface area contributed by atoms with E-state index in [1.807, 2.05) is 0 Å². The fourth-order valence-electron chi connectivity index (χ4n) is 0. The van der Waals surface area contributed by atoms with Crippen molar-refractivity contribution in [2.24, 2.45) is 0 Å². The first kappa shape index (κ1) is 41.8. The van der Waals surface area contributed by atoms with Crippen LogP contribution in [0.3, 0.4) is 0 Å². The molecule has 0 aromatic carbocycles. The van der Waals surface area contributed by atoms with Crippen LogP contribution < -0.4 is 99.8 Å². The molecule has 0 amide bonds. The summed E-state index contributed by atoms with van der Waals surface area (Å²) in [5.74, 6) is 0. The Morgan fingerprint density at radius 3 is 1.17 bits per heavy atom. The molecule has 6 heavy (non-hydrogen) atoms. The average molecular weight is 383 g/mol. The van der Waals surface area contributed by atoms with Crippen molar-refractivity contribution in [1.82, 2.24) is 0 Å². The summed E-state index contributed by atoms with van der Waals surface area (Å²) in [4.78, 5) is 0. The van der Waals surface area contributed by atoms with Crippen molar-refractivity contribution in [1.29, 1.82) is 0 Å². The second-order valence-corrected chi connectivity index (χ2v) is 0. The van der Waals surface area contributed by atoms with Gasteiger partial charge in [-0.25, -0.2) is 0 Å². The van der Waals surface area contributed by atoms with E-state index in [1.54, 1.807) is 0 Å². The van der Waals surface area contributed by atoms with Crippen LogP contribution in [0.1, 0.15) is 4.28 Å². The van der Waals surface area contributed by atoms with E-state index in [-0.39, 0.29) is 174 Å². The maximum absolute atomic E-state index is 0. The van der Waals surface area contributed by atoms with E-state index in [4.69, 9.17) is 0 Å². The Labute approximate surface area is 169 Å². The minimum atomic E-state index is 0. The Bertz CT molecular complexity index is 23.8. The summed E-state index contributed by atoms with van der Waals surface area (Å²) in [6.45, 7) is 0. The third-order valence-electron chi connectivity index (χ3n) is 0. The van der Waals surface area contributed by atoms with E-state index in [1.165, 1.54) is 0 Å². The standard InChI is InChI=1S/Ga.In.K.Li.Na.Sn.11H/q;;3*+1;;;;;;;;;;3*-1. The molecule has 0 aromatic rings. The summed E-state index contributed by atoms with van der Waals surface area (Å²) < 4.78 is 0. The van der Waals surface area contributed by atoms with Gasteiger partial charge in [-0.1, -0.05) is 0 Å². The molecule has 0 aliphatic heterocycles. The quantitative estimate of drug-likeness (QED) is 0.365. The van der Waals surface area contributed by atoms with Gasteiger partial charge in [0.25, 0.3) is 0 Å². The van der Waals surface area contributed by atoms with Gasteiger partial charge in [-0.05, 0) is 0 Å². The first-order valence-corrected chi connectivity index (χ1v) is 0. The van der Waals surface area contributed by atoms with Crippen LogP contribution in [0.5, 0.6) is 0 Å². The van der Waals surface area contributed by atoms with Crippen LogP contribution in [0.25, 0.3) is 0 Å². The fourth-order valence-corrected chi connectivity index (χ4v) is 0. The van der Waals surface area contributed by atoms with E-state index < -0.39 is 0 Å². The number of rotatable bonds is 0. The normalized spacial score (nSPS) is 0.